The molecule has 3 nitrogen and oxygen atoms in total. The van der Waals surface area contributed by atoms with Gasteiger partial charge in [0.15, 0.2) is 0 Å². The first-order valence-corrected chi connectivity index (χ1v) is 6.30. The van der Waals surface area contributed by atoms with Crippen LogP contribution in [0.25, 0.3) is 0 Å². The Morgan fingerprint density at radius 2 is 1.94 bits per heavy atom. The molecular weight excluding hydrogens is 246 g/mol. The van der Waals surface area contributed by atoms with Gasteiger partial charge in [0.1, 0.15) is 11.0 Å². The molecule has 1 aromatic heterocycles. The van der Waals surface area contributed by atoms with E-state index in [0.717, 1.165) is 13.0 Å². The van der Waals surface area contributed by atoms with Crippen molar-refractivity contribution in [3.05, 3.63) is 52.7 Å². The number of nitrogen functional groups attached to an aromatic ring is 1. The van der Waals surface area contributed by atoms with Crippen LogP contribution in [0.2, 0.25) is 5.15 Å². The van der Waals surface area contributed by atoms with Crippen molar-refractivity contribution >= 4 is 23.1 Å². The predicted molar refractivity (Wildman–Crippen MR) is 76.8 cm³/mol. The van der Waals surface area contributed by atoms with Crippen LogP contribution >= 0.6 is 11.6 Å². The quantitative estimate of drug-likeness (QED) is 0.829. The number of hydrogen-bond acceptors (Lipinski definition) is 3. The van der Waals surface area contributed by atoms with E-state index in [9.17, 15) is 0 Å². The molecule has 1 aromatic carbocycles. The highest BCUT2D eigenvalue weighted by Crippen LogP contribution is 2.17. The van der Waals surface area contributed by atoms with E-state index in [4.69, 9.17) is 17.3 Å². The highest BCUT2D eigenvalue weighted by molar-refractivity contribution is 6.29. The Morgan fingerprint density at radius 3 is 2.61 bits per heavy atom. The largest absolute Gasteiger partial charge is 0.399 e. The molecule has 0 amide bonds. The highest BCUT2D eigenvalue weighted by Gasteiger charge is 2.02. The molecule has 0 atom stereocenters. The van der Waals surface area contributed by atoms with Gasteiger partial charge in [-0.25, -0.2) is 4.98 Å². The van der Waals surface area contributed by atoms with E-state index in [1.54, 1.807) is 12.1 Å². The average molecular weight is 262 g/mol. The summed E-state index contributed by atoms with van der Waals surface area (Å²) in [5.41, 5.74) is 8.93. The first kappa shape index (κ1) is 12.7. The van der Waals surface area contributed by atoms with Crippen LogP contribution in [-0.4, -0.2) is 4.98 Å². The van der Waals surface area contributed by atoms with Gasteiger partial charge in [-0.05, 0) is 23.6 Å². The van der Waals surface area contributed by atoms with Crippen LogP contribution in [0.3, 0.4) is 0 Å². The Balaban J connectivity index is 2.11. The Labute approximate surface area is 112 Å². The minimum Gasteiger partial charge on any atom is -0.399 e. The lowest BCUT2D eigenvalue weighted by Gasteiger charge is -2.10. The van der Waals surface area contributed by atoms with Gasteiger partial charge < -0.3 is 11.1 Å². The van der Waals surface area contributed by atoms with Crippen LogP contribution in [0.4, 0.5) is 11.5 Å². The monoisotopic (exact) mass is 261 g/mol. The summed E-state index contributed by atoms with van der Waals surface area (Å²) in [4.78, 5) is 4.18. The summed E-state index contributed by atoms with van der Waals surface area (Å²) < 4.78 is 0. The van der Waals surface area contributed by atoms with Crippen LogP contribution in [0.15, 0.2) is 36.4 Å². The van der Waals surface area contributed by atoms with Crippen molar-refractivity contribution in [2.45, 2.75) is 19.9 Å². The maximum Gasteiger partial charge on any atom is 0.133 e. The zero-order valence-corrected chi connectivity index (χ0v) is 11.0. The maximum absolute atomic E-state index is 5.86. The third-order valence-electron chi connectivity index (χ3n) is 2.78. The molecule has 2 rings (SSSR count). The van der Waals surface area contributed by atoms with Crippen LogP contribution in [0, 0.1) is 0 Å². The Hall–Kier alpha value is -1.74. The number of anilines is 2. The Morgan fingerprint density at radius 1 is 1.22 bits per heavy atom. The molecule has 0 unspecified atom stereocenters. The number of halogens is 1. The topological polar surface area (TPSA) is 50.9 Å². The van der Waals surface area contributed by atoms with E-state index in [1.807, 2.05) is 6.07 Å². The van der Waals surface area contributed by atoms with Gasteiger partial charge in [0.2, 0.25) is 0 Å². The number of pyridine rings is 1. The minimum atomic E-state index is 0.404. The summed E-state index contributed by atoms with van der Waals surface area (Å²) in [6.45, 7) is 2.87. The molecule has 0 aliphatic carbocycles. The van der Waals surface area contributed by atoms with Gasteiger partial charge in [0, 0.05) is 18.3 Å². The van der Waals surface area contributed by atoms with E-state index in [0.29, 0.717) is 16.7 Å². The van der Waals surface area contributed by atoms with Gasteiger partial charge in [-0.1, -0.05) is 42.8 Å². The summed E-state index contributed by atoms with van der Waals surface area (Å²) in [5.74, 6) is 0.700. The molecule has 0 aliphatic heterocycles. The van der Waals surface area contributed by atoms with Crippen molar-refractivity contribution in [1.29, 1.82) is 0 Å². The average Bonchev–Trinajstić information content (AvgIpc) is 2.35. The van der Waals surface area contributed by atoms with Crippen LogP contribution in [0.1, 0.15) is 18.1 Å². The normalized spacial score (nSPS) is 10.3. The second kappa shape index (κ2) is 5.74. The number of nitrogens with one attached hydrogen (secondary N) is 1. The molecule has 1 heterocycles. The first-order chi connectivity index (χ1) is 8.69. The molecule has 0 aliphatic rings. The predicted octanol–water partition coefficient (Wildman–Crippen LogP) is 3.49. The summed E-state index contributed by atoms with van der Waals surface area (Å²) in [7, 11) is 0. The Kier molecular flexibility index (Phi) is 4.05. The standard InChI is InChI=1S/C14H16ClN3/c1-2-10-5-3-4-6-11(10)9-17-14-8-12(16)7-13(15)18-14/h3-8H,2,9H2,1H3,(H3,16,17,18). The molecule has 0 saturated heterocycles. The van der Waals surface area contributed by atoms with Gasteiger partial charge >= 0.3 is 0 Å². The number of rotatable bonds is 4. The molecule has 94 valence electrons. The zero-order valence-electron chi connectivity index (χ0n) is 10.3. The summed E-state index contributed by atoms with van der Waals surface area (Å²) in [5, 5.41) is 3.65. The van der Waals surface area contributed by atoms with Crippen LogP contribution in [-0.2, 0) is 13.0 Å². The van der Waals surface area contributed by atoms with Gasteiger partial charge in [0.25, 0.3) is 0 Å². The molecular formula is C14H16ClN3. The van der Waals surface area contributed by atoms with Crippen molar-refractivity contribution in [3.63, 3.8) is 0 Å². The minimum absolute atomic E-state index is 0.404. The maximum atomic E-state index is 5.86. The highest BCUT2D eigenvalue weighted by atomic mass is 35.5. The molecule has 0 fully saturated rings. The number of aryl methyl sites for hydroxylation is 1. The second-order valence-electron chi connectivity index (χ2n) is 4.08. The van der Waals surface area contributed by atoms with E-state index in [2.05, 4.69) is 35.4 Å². The molecule has 0 spiro atoms. The van der Waals surface area contributed by atoms with Crippen molar-refractivity contribution in [1.82, 2.24) is 4.98 Å². The number of aromatic nitrogens is 1. The molecule has 0 radical (unpaired) electrons. The fourth-order valence-corrected chi connectivity index (χ4v) is 2.08. The third-order valence-corrected chi connectivity index (χ3v) is 2.97. The van der Waals surface area contributed by atoms with Gasteiger partial charge in [0.05, 0.1) is 0 Å². The number of nitrogens with two attached hydrogens (primary N) is 1. The number of benzene rings is 1. The molecule has 3 N–H and O–H groups in total. The lowest BCUT2D eigenvalue weighted by molar-refractivity contribution is 1.03. The van der Waals surface area contributed by atoms with E-state index in [1.165, 1.54) is 11.1 Å². The smallest absolute Gasteiger partial charge is 0.133 e. The Bertz CT molecular complexity index is 520. The molecule has 2 aromatic rings. The first-order valence-electron chi connectivity index (χ1n) is 5.92. The molecule has 18 heavy (non-hydrogen) atoms. The fraction of sp³-hybridized carbons (Fsp3) is 0.214. The molecule has 4 heteroatoms. The van der Waals surface area contributed by atoms with Crippen LogP contribution < -0.4 is 11.1 Å². The number of hydrogen-bond donors (Lipinski definition) is 2. The lowest BCUT2D eigenvalue weighted by atomic mass is 10.1. The molecule has 0 saturated carbocycles. The lowest BCUT2D eigenvalue weighted by Crippen LogP contribution is -2.04. The van der Waals surface area contributed by atoms with Crippen molar-refractivity contribution in [2.24, 2.45) is 0 Å². The third kappa shape index (κ3) is 3.14. The second-order valence-corrected chi connectivity index (χ2v) is 4.47. The summed E-state index contributed by atoms with van der Waals surface area (Å²) >= 11 is 5.86. The summed E-state index contributed by atoms with van der Waals surface area (Å²) in [6.07, 6.45) is 1.02. The summed E-state index contributed by atoms with van der Waals surface area (Å²) in [6, 6.07) is 11.7. The van der Waals surface area contributed by atoms with Crippen molar-refractivity contribution in [3.8, 4) is 0 Å². The number of nitrogens with zero attached hydrogens (tertiary/aromatic N) is 1. The van der Waals surface area contributed by atoms with E-state index < -0.39 is 0 Å². The fourth-order valence-electron chi connectivity index (χ4n) is 1.87. The van der Waals surface area contributed by atoms with E-state index >= 15 is 0 Å². The van der Waals surface area contributed by atoms with Gasteiger partial charge in [-0.2, -0.15) is 0 Å². The molecule has 0 bridgehead atoms. The van der Waals surface area contributed by atoms with Gasteiger partial charge in [-0.15, -0.1) is 0 Å². The van der Waals surface area contributed by atoms with Crippen molar-refractivity contribution in [2.75, 3.05) is 11.1 Å². The van der Waals surface area contributed by atoms with Crippen molar-refractivity contribution < 1.29 is 0 Å². The van der Waals surface area contributed by atoms with E-state index in [-0.39, 0.29) is 0 Å². The zero-order chi connectivity index (χ0) is 13.0. The van der Waals surface area contributed by atoms with Crippen LogP contribution in [0.5, 0.6) is 0 Å². The van der Waals surface area contributed by atoms with Gasteiger partial charge in [-0.3, -0.25) is 0 Å². The SMILES string of the molecule is CCc1ccccc1CNc1cc(N)cc(Cl)n1.